The first-order valence-corrected chi connectivity index (χ1v) is 8.93. The number of hydrogen-bond acceptors (Lipinski definition) is 9. The van der Waals surface area contributed by atoms with Crippen molar-refractivity contribution in [3.63, 3.8) is 0 Å². The number of sulfonamides is 1. The van der Waals surface area contributed by atoms with Crippen molar-refractivity contribution in [3.05, 3.63) is 54.6 Å². The zero-order valence-electron chi connectivity index (χ0n) is 13.4. The molecule has 10 nitrogen and oxygen atoms in total. The molecule has 1 heterocycles. The Bertz CT molecular complexity index is 994. The zero-order valence-corrected chi connectivity index (χ0v) is 14.2. The van der Waals surface area contributed by atoms with Crippen LogP contribution < -0.4 is 27.0 Å². The van der Waals surface area contributed by atoms with Gasteiger partial charge in [0.2, 0.25) is 27.9 Å². The Kier molecular flexibility index (Phi) is 4.93. The van der Waals surface area contributed by atoms with E-state index in [2.05, 4.69) is 31.0 Å². The second kappa shape index (κ2) is 7.31. The van der Waals surface area contributed by atoms with Gasteiger partial charge in [-0.05, 0) is 36.4 Å². The molecule has 134 valence electrons. The molecule has 0 atom stereocenters. The maximum atomic E-state index is 11.3. The topological polar surface area (TPSA) is 161 Å². The number of nitrogens with one attached hydrogen (secondary N) is 3. The van der Waals surface area contributed by atoms with E-state index in [-0.39, 0.29) is 22.7 Å². The second-order valence-corrected chi connectivity index (χ2v) is 6.70. The summed E-state index contributed by atoms with van der Waals surface area (Å²) < 4.78 is 22.6. The lowest BCUT2D eigenvalue weighted by atomic mass is 10.3. The van der Waals surface area contributed by atoms with Crippen LogP contribution in [0.1, 0.15) is 0 Å². The Morgan fingerprint density at radius 1 is 0.731 bits per heavy atom. The average Bonchev–Trinajstić information content (AvgIpc) is 2.62. The number of benzene rings is 2. The maximum Gasteiger partial charge on any atom is 0.243 e. The molecule has 0 unspecified atom stereocenters. The smallest absolute Gasteiger partial charge is 0.243 e. The molecule has 0 amide bonds. The molecule has 1 aromatic heterocycles. The van der Waals surface area contributed by atoms with Gasteiger partial charge >= 0.3 is 0 Å². The summed E-state index contributed by atoms with van der Waals surface area (Å²) in [5.41, 5.74) is 3.73. The maximum absolute atomic E-state index is 11.3. The number of hydrogen-bond donors (Lipinski definition) is 5. The Hall–Kier alpha value is -3.28. The van der Waals surface area contributed by atoms with E-state index in [1.54, 1.807) is 12.1 Å². The lowest BCUT2D eigenvalue weighted by molar-refractivity contribution is 0.598. The summed E-state index contributed by atoms with van der Waals surface area (Å²) in [5, 5.41) is 11.1. The number of nitrogen functional groups attached to an aromatic ring is 1. The van der Waals surface area contributed by atoms with Crippen molar-refractivity contribution < 1.29 is 8.42 Å². The molecule has 0 aliphatic carbocycles. The van der Waals surface area contributed by atoms with Crippen molar-refractivity contribution in [2.24, 2.45) is 11.0 Å². The van der Waals surface area contributed by atoms with Crippen LogP contribution in [0.3, 0.4) is 0 Å². The molecule has 0 radical (unpaired) electrons. The lowest BCUT2D eigenvalue weighted by Gasteiger charge is -2.10. The highest BCUT2D eigenvalue weighted by Crippen LogP contribution is 2.19. The summed E-state index contributed by atoms with van der Waals surface area (Å²) in [4.78, 5) is 12.5. The summed E-state index contributed by atoms with van der Waals surface area (Å²) >= 11 is 0. The van der Waals surface area contributed by atoms with E-state index in [1.165, 1.54) is 12.1 Å². The van der Waals surface area contributed by atoms with Crippen molar-refractivity contribution >= 4 is 39.2 Å². The first kappa shape index (κ1) is 17.5. The number of nitrogens with zero attached hydrogens (tertiary/aromatic N) is 3. The van der Waals surface area contributed by atoms with Gasteiger partial charge in [-0.2, -0.15) is 15.0 Å². The number of primary sulfonamides is 1. The van der Waals surface area contributed by atoms with Gasteiger partial charge in [0.05, 0.1) is 4.90 Å². The van der Waals surface area contributed by atoms with E-state index in [9.17, 15) is 8.42 Å². The Balaban J connectivity index is 1.84. The highest BCUT2D eigenvalue weighted by Gasteiger charge is 2.09. The average molecular weight is 372 g/mol. The molecule has 3 aromatic rings. The molecule has 26 heavy (non-hydrogen) atoms. The summed E-state index contributed by atoms with van der Waals surface area (Å²) in [5.74, 6) is 6.06. The molecule has 3 rings (SSSR count). The molecule has 0 saturated carbocycles. The van der Waals surface area contributed by atoms with E-state index in [0.717, 1.165) is 5.69 Å². The number of para-hydroxylation sites is 1. The van der Waals surface area contributed by atoms with E-state index < -0.39 is 10.0 Å². The largest absolute Gasteiger partial charge is 0.324 e. The van der Waals surface area contributed by atoms with Crippen LogP contribution in [0, 0.1) is 0 Å². The minimum Gasteiger partial charge on any atom is -0.324 e. The highest BCUT2D eigenvalue weighted by atomic mass is 32.2. The van der Waals surface area contributed by atoms with Crippen LogP contribution in [-0.4, -0.2) is 23.4 Å². The minimum absolute atomic E-state index is 0.00874. The summed E-state index contributed by atoms with van der Waals surface area (Å²) in [6.45, 7) is 0. The lowest BCUT2D eigenvalue weighted by Crippen LogP contribution is -2.14. The van der Waals surface area contributed by atoms with Crippen molar-refractivity contribution in [2.45, 2.75) is 4.90 Å². The second-order valence-electron chi connectivity index (χ2n) is 5.14. The van der Waals surface area contributed by atoms with Crippen LogP contribution in [0.25, 0.3) is 0 Å². The monoisotopic (exact) mass is 372 g/mol. The summed E-state index contributed by atoms with van der Waals surface area (Å²) in [6.07, 6.45) is 0. The molecule has 7 N–H and O–H groups in total. The van der Waals surface area contributed by atoms with Crippen molar-refractivity contribution in [1.29, 1.82) is 0 Å². The minimum atomic E-state index is -3.75. The van der Waals surface area contributed by atoms with Gasteiger partial charge in [0.25, 0.3) is 0 Å². The first-order valence-electron chi connectivity index (χ1n) is 7.39. The van der Waals surface area contributed by atoms with Crippen LogP contribution in [0.4, 0.5) is 29.2 Å². The quantitative estimate of drug-likeness (QED) is 0.317. The van der Waals surface area contributed by atoms with Gasteiger partial charge in [0.15, 0.2) is 0 Å². The van der Waals surface area contributed by atoms with E-state index in [0.29, 0.717) is 5.69 Å². The summed E-state index contributed by atoms with van der Waals surface area (Å²) in [7, 11) is -3.75. The molecule has 0 aliphatic heterocycles. The number of hydrazine groups is 1. The normalized spacial score (nSPS) is 11.0. The third kappa shape index (κ3) is 4.42. The van der Waals surface area contributed by atoms with Gasteiger partial charge in [-0.3, -0.25) is 5.43 Å². The fourth-order valence-corrected chi connectivity index (χ4v) is 2.58. The van der Waals surface area contributed by atoms with Gasteiger partial charge in [0, 0.05) is 11.4 Å². The predicted octanol–water partition coefficient (Wildman–Crippen LogP) is 1.29. The van der Waals surface area contributed by atoms with Crippen LogP contribution >= 0.6 is 0 Å². The summed E-state index contributed by atoms with van der Waals surface area (Å²) in [6, 6.07) is 15.2. The third-order valence-corrected chi connectivity index (χ3v) is 4.16. The standard InChI is InChI=1S/C15H16N8O2S/c16-23-15-21-13(18-10-4-2-1-3-5-10)20-14(22-15)19-11-6-8-12(9-7-11)26(17,24)25/h1-9H,16H2,(H2,17,24,25)(H3,18,19,20,21,22,23). The van der Waals surface area contributed by atoms with Crippen LogP contribution in [0.2, 0.25) is 0 Å². The Morgan fingerprint density at radius 3 is 1.73 bits per heavy atom. The number of anilines is 5. The molecule has 0 bridgehead atoms. The van der Waals surface area contributed by atoms with Crippen LogP contribution in [0.5, 0.6) is 0 Å². The van der Waals surface area contributed by atoms with E-state index >= 15 is 0 Å². The molecular formula is C15H16N8O2S. The molecular weight excluding hydrogens is 356 g/mol. The molecule has 0 aliphatic rings. The van der Waals surface area contributed by atoms with E-state index in [1.807, 2.05) is 30.3 Å². The van der Waals surface area contributed by atoms with Crippen molar-refractivity contribution in [2.75, 3.05) is 16.1 Å². The third-order valence-electron chi connectivity index (χ3n) is 3.23. The van der Waals surface area contributed by atoms with Gasteiger partial charge in [-0.1, -0.05) is 18.2 Å². The molecule has 11 heteroatoms. The Labute approximate surface area is 149 Å². The van der Waals surface area contributed by atoms with Gasteiger partial charge in [0.1, 0.15) is 0 Å². The molecule has 0 saturated heterocycles. The first-order chi connectivity index (χ1) is 12.4. The van der Waals surface area contributed by atoms with Crippen LogP contribution in [0.15, 0.2) is 59.5 Å². The van der Waals surface area contributed by atoms with Gasteiger partial charge in [-0.15, -0.1) is 0 Å². The number of rotatable bonds is 6. The van der Waals surface area contributed by atoms with Gasteiger partial charge < -0.3 is 10.6 Å². The highest BCUT2D eigenvalue weighted by molar-refractivity contribution is 7.89. The fraction of sp³-hybridized carbons (Fsp3) is 0. The SMILES string of the molecule is NNc1nc(Nc2ccccc2)nc(Nc2ccc(S(N)(=O)=O)cc2)n1. The number of nitrogens with two attached hydrogens (primary N) is 2. The van der Waals surface area contributed by atoms with Gasteiger partial charge in [-0.25, -0.2) is 19.4 Å². The zero-order chi connectivity index (χ0) is 18.6. The fourth-order valence-electron chi connectivity index (χ4n) is 2.06. The number of aromatic nitrogens is 3. The predicted molar refractivity (Wildman–Crippen MR) is 98.5 cm³/mol. The van der Waals surface area contributed by atoms with Crippen molar-refractivity contribution in [3.8, 4) is 0 Å². The molecule has 2 aromatic carbocycles. The molecule has 0 spiro atoms. The van der Waals surface area contributed by atoms with Crippen molar-refractivity contribution in [1.82, 2.24) is 15.0 Å². The van der Waals surface area contributed by atoms with E-state index in [4.69, 9.17) is 11.0 Å². The molecule has 0 fully saturated rings. The Morgan fingerprint density at radius 2 is 1.23 bits per heavy atom. The van der Waals surface area contributed by atoms with Crippen LogP contribution in [-0.2, 0) is 10.0 Å².